The molecular formula is C11H19N3O2S. The van der Waals surface area contributed by atoms with Crippen LogP contribution in [0.2, 0.25) is 0 Å². The fourth-order valence-electron chi connectivity index (χ4n) is 1.93. The Hall–Kier alpha value is -1.17. The molecule has 0 saturated carbocycles. The molecule has 2 amide bonds. The van der Waals surface area contributed by atoms with Crippen LogP contribution in [0.5, 0.6) is 0 Å². The lowest BCUT2D eigenvalue weighted by Gasteiger charge is -2.33. The van der Waals surface area contributed by atoms with Crippen molar-refractivity contribution in [3.8, 4) is 0 Å². The third kappa shape index (κ3) is 3.96. The molecule has 0 aromatic rings. The second-order valence-electron chi connectivity index (χ2n) is 4.42. The van der Waals surface area contributed by atoms with E-state index in [2.05, 4.69) is 5.32 Å². The number of amides is 2. The Labute approximate surface area is 107 Å². The van der Waals surface area contributed by atoms with Crippen LogP contribution in [0.15, 0.2) is 0 Å². The Kier molecular flexibility index (Phi) is 4.86. The first kappa shape index (κ1) is 13.9. The van der Waals surface area contributed by atoms with Crippen molar-refractivity contribution in [3.05, 3.63) is 0 Å². The summed E-state index contributed by atoms with van der Waals surface area (Å²) >= 11 is 4.82. The first-order valence-corrected chi connectivity index (χ1v) is 6.18. The summed E-state index contributed by atoms with van der Waals surface area (Å²) in [4.78, 5) is 24.8. The van der Waals surface area contributed by atoms with Crippen LogP contribution in [0.4, 0.5) is 0 Å². The molecule has 1 aliphatic heterocycles. The molecule has 6 heteroatoms. The smallest absolute Gasteiger partial charge is 0.232 e. The van der Waals surface area contributed by atoms with Gasteiger partial charge < -0.3 is 16.0 Å². The summed E-state index contributed by atoms with van der Waals surface area (Å²) in [6, 6.07) is 0.177. The molecule has 3 N–H and O–H groups in total. The maximum Gasteiger partial charge on any atom is 0.232 e. The minimum atomic E-state index is -0.401. The number of nitrogens with one attached hydrogen (secondary N) is 1. The molecule has 0 bridgehead atoms. The molecule has 0 aliphatic carbocycles. The summed E-state index contributed by atoms with van der Waals surface area (Å²) in [5.41, 5.74) is 5.46. The van der Waals surface area contributed by atoms with Gasteiger partial charge in [-0.05, 0) is 19.8 Å². The van der Waals surface area contributed by atoms with Gasteiger partial charge in [0.1, 0.15) is 0 Å². The van der Waals surface area contributed by atoms with Crippen molar-refractivity contribution in [1.82, 2.24) is 10.2 Å². The molecule has 0 aromatic carbocycles. The lowest BCUT2D eigenvalue weighted by molar-refractivity contribution is -0.134. The first-order valence-electron chi connectivity index (χ1n) is 5.77. The van der Waals surface area contributed by atoms with E-state index < -0.39 is 5.92 Å². The number of thiocarbonyl (C=S) groups is 1. The molecule has 1 aliphatic rings. The zero-order valence-electron chi connectivity index (χ0n) is 10.2. The molecule has 1 heterocycles. The molecule has 1 rings (SSSR count). The van der Waals surface area contributed by atoms with E-state index >= 15 is 0 Å². The maximum absolute atomic E-state index is 11.9. The van der Waals surface area contributed by atoms with E-state index in [0.29, 0.717) is 13.1 Å². The van der Waals surface area contributed by atoms with Gasteiger partial charge in [0.15, 0.2) is 0 Å². The number of rotatable bonds is 3. The Morgan fingerprint density at radius 3 is 2.35 bits per heavy atom. The highest BCUT2D eigenvalue weighted by molar-refractivity contribution is 7.80. The average Bonchev–Trinajstić information content (AvgIpc) is 2.27. The van der Waals surface area contributed by atoms with Crippen molar-refractivity contribution < 1.29 is 9.59 Å². The third-order valence-corrected chi connectivity index (χ3v) is 3.36. The molecule has 0 aromatic heterocycles. The van der Waals surface area contributed by atoms with E-state index in [0.717, 1.165) is 12.8 Å². The lowest BCUT2D eigenvalue weighted by Crippen LogP contribution is -2.48. The van der Waals surface area contributed by atoms with E-state index in [1.807, 2.05) is 0 Å². The maximum atomic E-state index is 11.9. The number of nitrogens with two attached hydrogens (primary N) is 1. The van der Waals surface area contributed by atoms with E-state index in [1.165, 1.54) is 6.92 Å². The van der Waals surface area contributed by atoms with Crippen molar-refractivity contribution >= 4 is 29.0 Å². The molecule has 17 heavy (non-hydrogen) atoms. The van der Waals surface area contributed by atoms with Crippen molar-refractivity contribution in [2.24, 2.45) is 11.7 Å². The molecule has 1 fully saturated rings. The van der Waals surface area contributed by atoms with Crippen LogP contribution in [-0.4, -0.2) is 40.8 Å². The topological polar surface area (TPSA) is 75.4 Å². The zero-order chi connectivity index (χ0) is 13.0. The number of piperidine rings is 1. The number of carbonyl (C=O) groups is 2. The van der Waals surface area contributed by atoms with Crippen molar-refractivity contribution in [2.45, 2.75) is 32.7 Å². The summed E-state index contributed by atoms with van der Waals surface area (Å²) in [5.74, 6) is -0.438. The Bertz CT molecular complexity index is 325. The molecule has 1 saturated heterocycles. The van der Waals surface area contributed by atoms with Gasteiger partial charge in [0.25, 0.3) is 0 Å². The SMILES string of the molecule is CC(=O)NC1CCN(C(=O)C(C)C(N)=S)CC1. The van der Waals surface area contributed by atoms with Gasteiger partial charge in [-0.25, -0.2) is 0 Å². The third-order valence-electron chi connectivity index (χ3n) is 3.01. The average molecular weight is 257 g/mol. The Balaban J connectivity index is 2.44. The largest absolute Gasteiger partial charge is 0.393 e. The fraction of sp³-hybridized carbons (Fsp3) is 0.727. The van der Waals surface area contributed by atoms with Crippen LogP contribution in [0.25, 0.3) is 0 Å². The van der Waals surface area contributed by atoms with E-state index in [9.17, 15) is 9.59 Å². The van der Waals surface area contributed by atoms with Crippen LogP contribution >= 0.6 is 12.2 Å². The van der Waals surface area contributed by atoms with Gasteiger partial charge in [-0.1, -0.05) is 12.2 Å². The molecule has 0 spiro atoms. The lowest BCUT2D eigenvalue weighted by atomic mass is 10.0. The van der Waals surface area contributed by atoms with Crippen molar-refractivity contribution in [1.29, 1.82) is 0 Å². The van der Waals surface area contributed by atoms with Crippen LogP contribution in [-0.2, 0) is 9.59 Å². The molecule has 1 unspecified atom stereocenters. The second-order valence-corrected chi connectivity index (χ2v) is 4.90. The highest BCUT2D eigenvalue weighted by Crippen LogP contribution is 2.13. The van der Waals surface area contributed by atoms with E-state index in [-0.39, 0.29) is 22.8 Å². The number of carbonyl (C=O) groups excluding carboxylic acids is 2. The van der Waals surface area contributed by atoms with Crippen LogP contribution in [0, 0.1) is 5.92 Å². The minimum Gasteiger partial charge on any atom is -0.393 e. The summed E-state index contributed by atoms with van der Waals surface area (Å²) in [6.07, 6.45) is 1.57. The van der Waals surface area contributed by atoms with Crippen LogP contribution < -0.4 is 11.1 Å². The normalized spacial score (nSPS) is 18.6. The number of hydrogen-bond donors (Lipinski definition) is 2. The highest BCUT2D eigenvalue weighted by Gasteiger charge is 2.27. The molecule has 96 valence electrons. The predicted octanol–water partition coefficient (Wildman–Crippen LogP) is 0.0357. The van der Waals surface area contributed by atoms with Gasteiger partial charge in [0.2, 0.25) is 11.8 Å². The first-order chi connectivity index (χ1) is 7.91. The van der Waals surface area contributed by atoms with Gasteiger partial charge in [0, 0.05) is 26.1 Å². The molecule has 1 atom stereocenters. The van der Waals surface area contributed by atoms with Crippen LogP contribution in [0.1, 0.15) is 26.7 Å². The molecule has 0 radical (unpaired) electrons. The van der Waals surface area contributed by atoms with Crippen LogP contribution in [0.3, 0.4) is 0 Å². The van der Waals surface area contributed by atoms with Crippen molar-refractivity contribution in [2.75, 3.05) is 13.1 Å². The van der Waals surface area contributed by atoms with Gasteiger partial charge in [-0.2, -0.15) is 0 Å². The van der Waals surface area contributed by atoms with Gasteiger partial charge in [-0.15, -0.1) is 0 Å². The van der Waals surface area contributed by atoms with E-state index in [4.69, 9.17) is 18.0 Å². The quantitative estimate of drug-likeness (QED) is 0.700. The summed E-state index contributed by atoms with van der Waals surface area (Å²) in [6.45, 7) is 4.53. The van der Waals surface area contributed by atoms with Crippen molar-refractivity contribution in [3.63, 3.8) is 0 Å². The van der Waals surface area contributed by atoms with E-state index in [1.54, 1.807) is 11.8 Å². The summed E-state index contributed by atoms with van der Waals surface area (Å²) in [5, 5.41) is 2.87. The molecule has 5 nitrogen and oxygen atoms in total. The van der Waals surface area contributed by atoms with Gasteiger partial charge >= 0.3 is 0 Å². The number of likely N-dealkylation sites (tertiary alicyclic amines) is 1. The summed E-state index contributed by atoms with van der Waals surface area (Å²) < 4.78 is 0. The number of hydrogen-bond acceptors (Lipinski definition) is 3. The number of nitrogens with zero attached hydrogens (tertiary/aromatic N) is 1. The molecular weight excluding hydrogens is 238 g/mol. The van der Waals surface area contributed by atoms with Gasteiger partial charge in [-0.3, -0.25) is 9.59 Å². The highest BCUT2D eigenvalue weighted by atomic mass is 32.1. The fourth-order valence-corrected chi connectivity index (χ4v) is 2.03. The standard InChI is InChI=1S/C11H19N3O2S/c1-7(10(12)17)11(16)14-5-3-9(4-6-14)13-8(2)15/h7,9H,3-6H2,1-2H3,(H2,12,17)(H,13,15). The minimum absolute atomic E-state index is 0.0150. The Morgan fingerprint density at radius 2 is 1.94 bits per heavy atom. The van der Waals surface area contributed by atoms with Gasteiger partial charge in [0.05, 0.1) is 10.9 Å². The second kappa shape index (κ2) is 5.95. The Morgan fingerprint density at radius 1 is 1.41 bits per heavy atom. The zero-order valence-corrected chi connectivity index (χ0v) is 11.0. The predicted molar refractivity (Wildman–Crippen MR) is 69.4 cm³/mol. The summed E-state index contributed by atoms with van der Waals surface area (Å²) in [7, 11) is 0. The monoisotopic (exact) mass is 257 g/mol.